The number of allylic oxidation sites excluding steroid dienone is 1. The van der Waals surface area contributed by atoms with Crippen LogP contribution in [0.3, 0.4) is 0 Å². The van der Waals surface area contributed by atoms with Crippen LogP contribution in [0.25, 0.3) is 6.08 Å². The highest BCUT2D eigenvalue weighted by atomic mass is 79.9. The molecule has 9 heteroatoms. The fourth-order valence-corrected chi connectivity index (χ4v) is 5.47. The lowest BCUT2D eigenvalue weighted by Crippen LogP contribution is -2.39. The minimum Gasteiger partial charge on any atom is -0.493 e. The Morgan fingerprint density at radius 1 is 1.21 bits per heavy atom. The van der Waals surface area contributed by atoms with Gasteiger partial charge in [0.15, 0.2) is 4.80 Å². The average molecular weight is 562 g/mol. The van der Waals surface area contributed by atoms with Gasteiger partial charge in [0, 0.05) is 5.02 Å². The minimum absolute atomic E-state index is 0.222. The van der Waals surface area contributed by atoms with Gasteiger partial charge in [-0.1, -0.05) is 41.1 Å². The van der Waals surface area contributed by atoms with Crippen LogP contribution in [0.1, 0.15) is 37.9 Å². The first-order valence-corrected chi connectivity index (χ1v) is 12.7. The van der Waals surface area contributed by atoms with E-state index in [-0.39, 0.29) is 12.2 Å². The third-order valence-electron chi connectivity index (χ3n) is 5.26. The van der Waals surface area contributed by atoms with E-state index in [1.165, 1.54) is 11.3 Å². The maximum Gasteiger partial charge on any atom is 0.338 e. The third-order valence-corrected chi connectivity index (χ3v) is 7.11. The Bertz CT molecular complexity index is 1460. The lowest BCUT2D eigenvalue weighted by atomic mass is 9.96. The number of hydrogen-bond donors (Lipinski definition) is 0. The predicted molar refractivity (Wildman–Crippen MR) is 137 cm³/mol. The van der Waals surface area contributed by atoms with Gasteiger partial charge in [-0.05, 0) is 78.2 Å². The van der Waals surface area contributed by atoms with Crippen LogP contribution in [0.4, 0.5) is 0 Å². The lowest BCUT2D eigenvalue weighted by Gasteiger charge is -2.24. The monoisotopic (exact) mass is 560 g/mol. The Labute approximate surface area is 213 Å². The van der Waals surface area contributed by atoms with Crippen LogP contribution < -0.4 is 19.6 Å². The van der Waals surface area contributed by atoms with Crippen molar-refractivity contribution in [3.8, 4) is 5.75 Å². The molecule has 0 saturated heterocycles. The number of fused-ring (bicyclic) bond motifs is 1. The maximum absolute atomic E-state index is 13.6. The number of carbonyl (C=O) groups is 1. The summed E-state index contributed by atoms with van der Waals surface area (Å²) in [5.41, 5.74) is 2.22. The zero-order valence-electron chi connectivity index (χ0n) is 18.8. The first kappa shape index (κ1) is 24.4. The molecule has 6 nitrogen and oxygen atoms in total. The number of hydrogen-bond acceptors (Lipinski definition) is 6. The van der Waals surface area contributed by atoms with Gasteiger partial charge in [0.05, 0.1) is 39.5 Å². The molecule has 176 valence electrons. The first-order chi connectivity index (χ1) is 16.3. The molecule has 1 aliphatic heterocycles. The maximum atomic E-state index is 13.6. The van der Waals surface area contributed by atoms with Gasteiger partial charge >= 0.3 is 5.97 Å². The highest BCUT2D eigenvalue weighted by Gasteiger charge is 2.33. The standard InChI is InChI=1S/C25H22BrClN2O4S/c1-4-32-19-11-6-15(12-18(19)26)13-20-23(30)29-22(16-7-9-17(27)10-8-16)21(24(31)33-5-2)14(3)28-25(29)34-20/h6-13,22H,4-5H2,1-3H3/b20-13-/t22-/m0/s1. The molecule has 1 aromatic heterocycles. The normalized spacial score (nSPS) is 15.7. The van der Waals surface area contributed by atoms with E-state index in [9.17, 15) is 9.59 Å². The van der Waals surface area contributed by atoms with E-state index in [0.29, 0.717) is 32.2 Å². The second kappa shape index (κ2) is 10.3. The highest BCUT2D eigenvalue weighted by molar-refractivity contribution is 9.10. The van der Waals surface area contributed by atoms with E-state index in [4.69, 9.17) is 21.1 Å². The minimum atomic E-state index is -0.665. The summed E-state index contributed by atoms with van der Waals surface area (Å²) in [6, 6.07) is 12.1. The van der Waals surface area contributed by atoms with Gasteiger partial charge in [-0.2, -0.15) is 0 Å². The molecule has 0 radical (unpaired) electrons. The summed E-state index contributed by atoms with van der Waals surface area (Å²) in [6.45, 7) is 6.21. The Kier molecular flexibility index (Phi) is 7.40. The SMILES string of the molecule is CCOC(=O)C1=C(C)N=c2s/c(=C\c3ccc(OCC)c(Br)c3)c(=O)n2[C@H]1c1ccc(Cl)cc1. The van der Waals surface area contributed by atoms with Gasteiger partial charge in [-0.3, -0.25) is 9.36 Å². The molecule has 0 unspecified atom stereocenters. The molecule has 34 heavy (non-hydrogen) atoms. The van der Waals surface area contributed by atoms with E-state index in [1.807, 2.05) is 43.3 Å². The van der Waals surface area contributed by atoms with Crippen molar-refractivity contribution in [2.45, 2.75) is 26.8 Å². The fourth-order valence-electron chi connectivity index (χ4n) is 3.78. The molecule has 2 heterocycles. The summed E-state index contributed by atoms with van der Waals surface area (Å²) in [6.07, 6.45) is 1.81. The first-order valence-electron chi connectivity index (χ1n) is 10.7. The molecule has 0 saturated carbocycles. The molecule has 0 bridgehead atoms. The van der Waals surface area contributed by atoms with E-state index < -0.39 is 12.0 Å². The molecule has 1 atom stereocenters. The molecule has 3 aromatic rings. The van der Waals surface area contributed by atoms with Crippen LogP contribution in [-0.4, -0.2) is 23.8 Å². The lowest BCUT2D eigenvalue weighted by molar-refractivity contribution is -0.139. The summed E-state index contributed by atoms with van der Waals surface area (Å²) in [7, 11) is 0. The summed E-state index contributed by atoms with van der Waals surface area (Å²) in [5.74, 6) is 0.243. The van der Waals surface area contributed by atoms with Gasteiger partial charge in [0.25, 0.3) is 5.56 Å². The highest BCUT2D eigenvalue weighted by Crippen LogP contribution is 2.31. The van der Waals surface area contributed by atoms with Crippen molar-refractivity contribution in [3.63, 3.8) is 0 Å². The van der Waals surface area contributed by atoms with E-state index >= 15 is 0 Å². The zero-order valence-corrected chi connectivity index (χ0v) is 22.0. The molecule has 0 amide bonds. The van der Waals surface area contributed by atoms with Crippen LogP contribution in [0.5, 0.6) is 5.75 Å². The number of aromatic nitrogens is 1. The Hall–Kier alpha value is -2.68. The number of nitrogens with zero attached hydrogens (tertiary/aromatic N) is 2. The Morgan fingerprint density at radius 3 is 2.59 bits per heavy atom. The van der Waals surface area contributed by atoms with Gasteiger partial charge < -0.3 is 9.47 Å². The van der Waals surface area contributed by atoms with Crippen molar-refractivity contribution < 1.29 is 14.3 Å². The topological polar surface area (TPSA) is 69.9 Å². The van der Waals surface area contributed by atoms with Gasteiger partial charge in [0.2, 0.25) is 0 Å². The number of thiazole rings is 1. The molecule has 4 rings (SSSR count). The summed E-state index contributed by atoms with van der Waals surface area (Å²) in [5, 5.41) is 0.565. The number of halogens is 2. The molecule has 2 aromatic carbocycles. The van der Waals surface area contributed by atoms with E-state index in [1.54, 1.807) is 30.5 Å². The molecule has 0 aliphatic carbocycles. The number of ether oxygens (including phenoxy) is 2. The fraction of sp³-hybridized carbons (Fsp3) is 0.240. The predicted octanol–water partition coefficient (Wildman–Crippen LogP) is 4.61. The van der Waals surface area contributed by atoms with Crippen LogP contribution in [0.2, 0.25) is 5.02 Å². The van der Waals surface area contributed by atoms with E-state index in [0.717, 1.165) is 21.3 Å². The third kappa shape index (κ3) is 4.76. The van der Waals surface area contributed by atoms with Crippen LogP contribution in [0.15, 0.2) is 68.0 Å². The number of rotatable bonds is 6. The summed E-state index contributed by atoms with van der Waals surface area (Å²) < 4.78 is 13.7. The van der Waals surface area contributed by atoms with Crippen LogP contribution in [-0.2, 0) is 9.53 Å². The molecule has 1 aliphatic rings. The number of esters is 1. The van der Waals surface area contributed by atoms with Crippen molar-refractivity contribution in [1.29, 1.82) is 0 Å². The largest absolute Gasteiger partial charge is 0.493 e. The Balaban J connectivity index is 1.89. The second-order valence-corrected chi connectivity index (χ2v) is 9.78. The number of benzene rings is 2. The molecule has 0 spiro atoms. The molecular weight excluding hydrogens is 540 g/mol. The quantitative estimate of drug-likeness (QED) is 0.412. The van der Waals surface area contributed by atoms with Gasteiger partial charge in [-0.25, -0.2) is 9.79 Å². The number of carbonyl (C=O) groups excluding carboxylic acids is 1. The van der Waals surface area contributed by atoms with Crippen molar-refractivity contribution in [3.05, 3.63) is 94.0 Å². The van der Waals surface area contributed by atoms with Crippen molar-refractivity contribution >= 4 is 50.9 Å². The van der Waals surface area contributed by atoms with Crippen molar-refractivity contribution in [2.75, 3.05) is 13.2 Å². The van der Waals surface area contributed by atoms with Crippen molar-refractivity contribution in [1.82, 2.24) is 4.57 Å². The summed E-state index contributed by atoms with van der Waals surface area (Å²) in [4.78, 5) is 31.6. The summed E-state index contributed by atoms with van der Waals surface area (Å²) >= 11 is 10.9. The van der Waals surface area contributed by atoms with E-state index in [2.05, 4.69) is 20.9 Å². The molecule has 0 N–H and O–H groups in total. The molecule has 0 fully saturated rings. The Morgan fingerprint density at radius 2 is 1.94 bits per heavy atom. The second-order valence-electron chi connectivity index (χ2n) is 7.48. The average Bonchev–Trinajstić information content (AvgIpc) is 3.10. The van der Waals surface area contributed by atoms with Crippen LogP contribution >= 0.6 is 38.9 Å². The van der Waals surface area contributed by atoms with Crippen molar-refractivity contribution in [2.24, 2.45) is 4.99 Å². The van der Waals surface area contributed by atoms with Gasteiger partial charge in [0.1, 0.15) is 5.75 Å². The van der Waals surface area contributed by atoms with Crippen LogP contribution in [0, 0.1) is 0 Å². The smallest absolute Gasteiger partial charge is 0.338 e. The molecular formula is C25H22BrClN2O4S. The zero-order chi connectivity index (χ0) is 24.4. The van der Waals surface area contributed by atoms with Gasteiger partial charge in [-0.15, -0.1) is 0 Å².